The van der Waals surface area contributed by atoms with Crippen LogP contribution in [0.15, 0.2) is 53.0 Å². The molecule has 3 nitrogen and oxygen atoms in total. The molecular formula is C15H13BrClNO2. The molecule has 1 atom stereocenters. The van der Waals surface area contributed by atoms with Gasteiger partial charge in [0.2, 0.25) is 0 Å². The summed E-state index contributed by atoms with van der Waals surface area (Å²) >= 11 is 9.28. The first kappa shape index (κ1) is 14.9. The summed E-state index contributed by atoms with van der Waals surface area (Å²) in [7, 11) is 0. The summed E-state index contributed by atoms with van der Waals surface area (Å²) in [5, 5.41) is 3.30. The van der Waals surface area contributed by atoms with Crippen LogP contribution in [0.1, 0.15) is 6.92 Å². The second-order valence-corrected chi connectivity index (χ2v) is 5.45. The summed E-state index contributed by atoms with van der Waals surface area (Å²) in [6.07, 6.45) is -0.597. The van der Waals surface area contributed by atoms with E-state index in [1.807, 2.05) is 18.2 Å². The molecule has 0 fully saturated rings. The SMILES string of the molecule is CC(Oc1ccccc1)C(=O)Nc1ccc(Br)c(Cl)c1. The Kier molecular flexibility index (Phi) is 5.04. The highest BCUT2D eigenvalue weighted by Crippen LogP contribution is 2.25. The number of carbonyl (C=O) groups excluding carboxylic acids is 1. The van der Waals surface area contributed by atoms with Gasteiger partial charge in [-0.05, 0) is 53.2 Å². The maximum Gasteiger partial charge on any atom is 0.265 e. The molecule has 0 radical (unpaired) electrons. The van der Waals surface area contributed by atoms with Crippen LogP contribution in [0.3, 0.4) is 0 Å². The molecule has 5 heteroatoms. The second-order valence-electron chi connectivity index (χ2n) is 4.19. The standard InChI is InChI=1S/C15H13BrClNO2/c1-10(20-12-5-3-2-4-6-12)15(19)18-11-7-8-13(16)14(17)9-11/h2-10H,1H3,(H,18,19). The van der Waals surface area contributed by atoms with Gasteiger partial charge in [0, 0.05) is 10.2 Å². The van der Waals surface area contributed by atoms with E-state index in [0.29, 0.717) is 16.5 Å². The van der Waals surface area contributed by atoms with Crippen molar-refractivity contribution in [2.45, 2.75) is 13.0 Å². The van der Waals surface area contributed by atoms with Crippen LogP contribution < -0.4 is 10.1 Å². The summed E-state index contributed by atoms with van der Waals surface area (Å²) in [4.78, 5) is 12.0. The summed E-state index contributed by atoms with van der Waals surface area (Å²) in [5.74, 6) is 0.427. The molecule has 1 N–H and O–H groups in total. The van der Waals surface area contributed by atoms with Crippen LogP contribution in [-0.4, -0.2) is 12.0 Å². The number of hydrogen-bond acceptors (Lipinski definition) is 2. The van der Waals surface area contributed by atoms with Gasteiger partial charge in [-0.2, -0.15) is 0 Å². The minimum atomic E-state index is -0.597. The fraction of sp³-hybridized carbons (Fsp3) is 0.133. The Hall–Kier alpha value is -1.52. The number of para-hydroxylation sites is 1. The molecular weight excluding hydrogens is 342 g/mol. The van der Waals surface area contributed by atoms with Crippen molar-refractivity contribution < 1.29 is 9.53 Å². The van der Waals surface area contributed by atoms with E-state index in [9.17, 15) is 4.79 Å². The van der Waals surface area contributed by atoms with Crippen molar-refractivity contribution in [3.63, 3.8) is 0 Å². The molecule has 0 spiro atoms. The van der Waals surface area contributed by atoms with Crippen molar-refractivity contribution in [3.8, 4) is 5.75 Å². The topological polar surface area (TPSA) is 38.3 Å². The Morgan fingerprint density at radius 1 is 1.25 bits per heavy atom. The first-order chi connectivity index (χ1) is 9.56. The monoisotopic (exact) mass is 353 g/mol. The van der Waals surface area contributed by atoms with Crippen molar-refractivity contribution in [2.24, 2.45) is 0 Å². The van der Waals surface area contributed by atoms with E-state index in [1.165, 1.54) is 0 Å². The second kappa shape index (κ2) is 6.77. The van der Waals surface area contributed by atoms with Crippen LogP contribution in [-0.2, 0) is 4.79 Å². The highest BCUT2D eigenvalue weighted by atomic mass is 79.9. The van der Waals surface area contributed by atoms with Crippen LogP contribution in [0.25, 0.3) is 0 Å². The number of carbonyl (C=O) groups is 1. The van der Waals surface area contributed by atoms with Crippen LogP contribution in [0.4, 0.5) is 5.69 Å². The maximum atomic E-state index is 12.0. The average molecular weight is 355 g/mol. The number of rotatable bonds is 4. The molecule has 0 saturated carbocycles. The molecule has 2 rings (SSSR count). The van der Waals surface area contributed by atoms with Gasteiger partial charge in [0.25, 0.3) is 5.91 Å². The molecule has 2 aromatic rings. The van der Waals surface area contributed by atoms with Crippen LogP contribution in [0.2, 0.25) is 5.02 Å². The predicted octanol–water partition coefficient (Wildman–Crippen LogP) is 4.51. The number of nitrogens with one attached hydrogen (secondary N) is 1. The smallest absolute Gasteiger partial charge is 0.265 e. The van der Waals surface area contributed by atoms with E-state index >= 15 is 0 Å². The molecule has 2 aromatic carbocycles. The molecule has 0 saturated heterocycles. The molecule has 1 amide bonds. The Labute approximate surface area is 131 Å². The molecule has 0 bridgehead atoms. The molecule has 104 valence electrons. The van der Waals surface area contributed by atoms with Crippen molar-refractivity contribution >= 4 is 39.1 Å². The average Bonchev–Trinajstić information content (AvgIpc) is 2.44. The minimum absolute atomic E-state index is 0.229. The van der Waals surface area contributed by atoms with E-state index < -0.39 is 6.10 Å². The first-order valence-electron chi connectivity index (χ1n) is 6.04. The lowest BCUT2D eigenvalue weighted by Crippen LogP contribution is -2.30. The zero-order valence-electron chi connectivity index (χ0n) is 10.8. The lowest BCUT2D eigenvalue weighted by molar-refractivity contribution is -0.122. The van der Waals surface area contributed by atoms with Crippen molar-refractivity contribution in [1.29, 1.82) is 0 Å². The molecule has 1 unspecified atom stereocenters. The van der Waals surface area contributed by atoms with Crippen LogP contribution in [0, 0.1) is 0 Å². The third kappa shape index (κ3) is 3.99. The fourth-order valence-corrected chi connectivity index (χ4v) is 2.00. The third-order valence-electron chi connectivity index (χ3n) is 2.61. The number of benzene rings is 2. The molecule has 20 heavy (non-hydrogen) atoms. The summed E-state index contributed by atoms with van der Waals surface area (Å²) in [6.45, 7) is 1.70. The van der Waals surface area contributed by atoms with Gasteiger partial charge in [0.05, 0.1) is 5.02 Å². The molecule has 0 aliphatic carbocycles. The quantitative estimate of drug-likeness (QED) is 0.877. The van der Waals surface area contributed by atoms with E-state index in [2.05, 4.69) is 21.2 Å². The third-order valence-corrected chi connectivity index (χ3v) is 3.84. The van der Waals surface area contributed by atoms with Gasteiger partial charge in [-0.15, -0.1) is 0 Å². The molecule has 0 heterocycles. The van der Waals surface area contributed by atoms with Gasteiger partial charge in [0.1, 0.15) is 5.75 Å². The van der Waals surface area contributed by atoms with Gasteiger partial charge >= 0.3 is 0 Å². The molecule has 0 aliphatic heterocycles. The normalized spacial score (nSPS) is 11.8. The van der Waals surface area contributed by atoms with Crippen molar-refractivity contribution in [2.75, 3.05) is 5.32 Å². The lowest BCUT2D eigenvalue weighted by Gasteiger charge is -2.14. The predicted molar refractivity (Wildman–Crippen MR) is 84.3 cm³/mol. The molecule has 0 aromatic heterocycles. The van der Waals surface area contributed by atoms with Crippen molar-refractivity contribution in [1.82, 2.24) is 0 Å². The van der Waals surface area contributed by atoms with Gasteiger partial charge in [0.15, 0.2) is 6.10 Å². The minimum Gasteiger partial charge on any atom is -0.481 e. The van der Waals surface area contributed by atoms with Gasteiger partial charge < -0.3 is 10.1 Å². The van der Waals surface area contributed by atoms with E-state index in [1.54, 1.807) is 37.3 Å². The number of halogens is 2. The number of anilines is 1. The van der Waals surface area contributed by atoms with Gasteiger partial charge in [-0.3, -0.25) is 4.79 Å². The van der Waals surface area contributed by atoms with Crippen molar-refractivity contribution in [3.05, 3.63) is 58.0 Å². The van der Waals surface area contributed by atoms with Crippen LogP contribution in [0.5, 0.6) is 5.75 Å². The van der Waals surface area contributed by atoms with E-state index in [-0.39, 0.29) is 5.91 Å². The maximum absolute atomic E-state index is 12.0. The Bertz CT molecular complexity index is 604. The first-order valence-corrected chi connectivity index (χ1v) is 7.21. The summed E-state index contributed by atoms with van der Waals surface area (Å²) in [6, 6.07) is 14.4. The molecule has 0 aliphatic rings. The number of ether oxygens (including phenoxy) is 1. The lowest BCUT2D eigenvalue weighted by atomic mass is 10.3. The number of hydrogen-bond donors (Lipinski definition) is 1. The summed E-state index contributed by atoms with van der Waals surface area (Å²) in [5.41, 5.74) is 0.631. The van der Waals surface area contributed by atoms with E-state index in [0.717, 1.165) is 4.47 Å². The zero-order valence-corrected chi connectivity index (χ0v) is 13.1. The largest absolute Gasteiger partial charge is 0.481 e. The Morgan fingerprint density at radius 3 is 2.60 bits per heavy atom. The Morgan fingerprint density at radius 2 is 1.95 bits per heavy atom. The summed E-state index contributed by atoms with van der Waals surface area (Å²) < 4.78 is 6.33. The Balaban J connectivity index is 1.99. The van der Waals surface area contributed by atoms with Crippen LogP contribution >= 0.6 is 27.5 Å². The highest BCUT2D eigenvalue weighted by molar-refractivity contribution is 9.10. The highest BCUT2D eigenvalue weighted by Gasteiger charge is 2.15. The number of amides is 1. The fourth-order valence-electron chi connectivity index (χ4n) is 1.57. The zero-order chi connectivity index (χ0) is 14.5. The van der Waals surface area contributed by atoms with Gasteiger partial charge in [-0.25, -0.2) is 0 Å². The van der Waals surface area contributed by atoms with Gasteiger partial charge in [-0.1, -0.05) is 29.8 Å². The van der Waals surface area contributed by atoms with E-state index in [4.69, 9.17) is 16.3 Å².